The average molecular weight is 213 g/mol. The zero-order valence-electron chi connectivity index (χ0n) is 10.4. The van der Waals surface area contributed by atoms with E-state index in [-0.39, 0.29) is 23.0 Å². The molecule has 0 radical (unpaired) electrons. The van der Waals surface area contributed by atoms with Gasteiger partial charge in [-0.05, 0) is 19.3 Å². The van der Waals surface area contributed by atoms with Gasteiger partial charge in [0.25, 0.3) is 0 Å². The summed E-state index contributed by atoms with van der Waals surface area (Å²) in [5, 5.41) is 3.00. The van der Waals surface area contributed by atoms with Crippen LogP contribution in [-0.2, 0) is 0 Å². The number of amides is 2. The Morgan fingerprint density at radius 1 is 1.40 bits per heavy atom. The Balaban J connectivity index is 2.62. The van der Waals surface area contributed by atoms with E-state index in [4.69, 9.17) is 5.73 Å². The van der Waals surface area contributed by atoms with Crippen LogP contribution in [0.25, 0.3) is 0 Å². The molecule has 1 atom stereocenters. The number of urea groups is 1. The van der Waals surface area contributed by atoms with E-state index in [0.29, 0.717) is 6.54 Å². The Labute approximate surface area is 92.2 Å². The zero-order chi connectivity index (χ0) is 11.9. The highest BCUT2D eigenvalue weighted by atomic mass is 16.2. The normalized spacial score (nSPS) is 23.2. The van der Waals surface area contributed by atoms with E-state index in [0.717, 1.165) is 6.54 Å². The molecule has 3 N–H and O–H groups in total. The molecule has 0 aliphatic carbocycles. The second-order valence-corrected chi connectivity index (χ2v) is 6.24. The van der Waals surface area contributed by atoms with Crippen molar-refractivity contribution in [3.05, 3.63) is 0 Å². The van der Waals surface area contributed by atoms with Crippen molar-refractivity contribution < 1.29 is 4.79 Å². The first-order valence-electron chi connectivity index (χ1n) is 5.44. The minimum absolute atomic E-state index is 0.00782. The molecular weight excluding hydrogens is 190 g/mol. The number of carbonyl (C=O) groups excluding carboxylic acids is 1. The first kappa shape index (κ1) is 12.3. The van der Waals surface area contributed by atoms with Gasteiger partial charge < -0.3 is 16.0 Å². The number of hydrogen-bond donors (Lipinski definition) is 2. The lowest BCUT2D eigenvalue weighted by molar-refractivity contribution is 0.206. The fourth-order valence-electron chi connectivity index (χ4n) is 1.71. The third kappa shape index (κ3) is 3.38. The summed E-state index contributed by atoms with van der Waals surface area (Å²) < 4.78 is 0. The summed E-state index contributed by atoms with van der Waals surface area (Å²) >= 11 is 0. The maximum Gasteiger partial charge on any atom is 0.317 e. The summed E-state index contributed by atoms with van der Waals surface area (Å²) in [7, 11) is 0. The minimum Gasteiger partial charge on any atom is -0.333 e. The SMILES string of the molecule is CC(C)(N)CN1CC(C(C)(C)C)NC1=O. The summed E-state index contributed by atoms with van der Waals surface area (Å²) in [5.74, 6) is 0. The lowest BCUT2D eigenvalue weighted by Crippen LogP contribution is -2.46. The van der Waals surface area contributed by atoms with Crippen molar-refractivity contribution in [2.75, 3.05) is 13.1 Å². The number of carbonyl (C=O) groups is 1. The lowest BCUT2D eigenvalue weighted by atomic mass is 9.87. The van der Waals surface area contributed by atoms with Crippen molar-refractivity contribution in [2.45, 2.75) is 46.2 Å². The van der Waals surface area contributed by atoms with Crippen LogP contribution < -0.4 is 11.1 Å². The smallest absolute Gasteiger partial charge is 0.317 e. The summed E-state index contributed by atoms with van der Waals surface area (Å²) in [6.45, 7) is 11.6. The minimum atomic E-state index is -0.329. The molecule has 4 nitrogen and oxygen atoms in total. The van der Waals surface area contributed by atoms with E-state index >= 15 is 0 Å². The van der Waals surface area contributed by atoms with Gasteiger partial charge in [-0.1, -0.05) is 20.8 Å². The molecule has 0 saturated carbocycles. The fraction of sp³-hybridized carbons (Fsp3) is 0.909. The number of nitrogens with two attached hydrogens (primary N) is 1. The van der Waals surface area contributed by atoms with Crippen molar-refractivity contribution in [1.82, 2.24) is 10.2 Å². The molecule has 1 heterocycles. The van der Waals surface area contributed by atoms with Crippen molar-refractivity contribution in [1.29, 1.82) is 0 Å². The van der Waals surface area contributed by atoms with Crippen LogP contribution in [0.4, 0.5) is 4.79 Å². The highest BCUT2D eigenvalue weighted by Gasteiger charge is 2.37. The molecule has 15 heavy (non-hydrogen) atoms. The topological polar surface area (TPSA) is 58.4 Å². The number of rotatable bonds is 2. The van der Waals surface area contributed by atoms with Gasteiger partial charge in [-0.2, -0.15) is 0 Å². The highest BCUT2D eigenvalue weighted by Crippen LogP contribution is 2.24. The lowest BCUT2D eigenvalue weighted by Gasteiger charge is -2.28. The molecule has 4 heteroatoms. The maximum atomic E-state index is 11.7. The molecule has 1 unspecified atom stereocenters. The molecule has 88 valence electrons. The molecule has 2 amide bonds. The van der Waals surface area contributed by atoms with E-state index in [1.54, 1.807) is 4.90 Å². The molecular formula is C11H23N3O. The third-order valence-corrected chi connectivity index (χ3v) is 2.63. The third-order valence-electron chi connectivity index (χ3n) is 2.63. The van der Waals surface area contributed by atoms with Crippen LogP contribution in [0.1, 0.15) is 34.6 Å². The predicted molar refractivity (Wildman–Crippen MR) is 61.6 cm³/mol. The van der Waals surface area contributed by atoms with Crippen molar-refractivity contribution in [3.63, 3.8) is 0 Å². The molecule has 1 aliphatic heterocycles. The molecule has 0 aromatic carbocycles. The van der Waals surface area contributed by atoms with Gasteiger partial charge in [0, 0.05) is 18.6 Å². The monoisotopic (exact) mass is 213 g/mol. The van der Waals surface area contributed by atoms with Gasteiger partial charge in [-0.15, -0.1) is 0 Å². The van der Waals surface area contributed by atoms with Crippen LogP contribution >= 0.6 is 0 Å². The van der Waals surface area contributed by atoms with Crippen molar-refractivity contribution in [3.8, 4) is 0 Å². The summed E-state index contributed by atoms with van der Waals surface area (Å²) in [4.78, 5) is 13.5. The molecule has 0 aromatic rings. The highest BCUT2D eigenvalue weighted by molar-refractivity contribution is 5.77. The summed E-state index contributed by atoms with van der Waals surface area (Å²) in [6.07, 6.45) is 0. The van der Waals surface area contributed by atoms with Gasteiger partial charge in [0.15, 0.2) is 0 Å². The standard InChI is InChI=1S/C11H23N3O/c1-10(2,3)8-6-14(9(15)13-8)7-11(4,5)12/h8H,6-7,12H2,1-5H3,(H,13,15). The number of hydrogen-bond acceptors (Lipinski definition) is 2. The predicted octanol–water partition coefficient (Wildman–Crippen LogP) is 1.16. The second-order valence-electron chi connectivity index (χ2n) is 6.24. The molecule has 1 fully saturated rings. The van der Waals surface area contributed by atoms with Gasteiger partial charge in [-0.25, -0.2) is 4.79 Å². The van der Waals surface area contributed by atoms with Crippen molar-refractivity contribution >= 4 is 6.03 Å². The molecule has 1 aliphatic rings. The van der Waals surface area contributed by atoms with E-state index in [1.165, 1.54) is 0 Å². The fourth-order valence-corrected chi connectivity index (χ4v) is 1.71. The Kier molecular flexibility index (Phi) is 3.01. The van der Waals surface area contributed by atoms with Crippen LogP contribution in [-0.4, -0.2) is 35.6 Å². The second kappa shape index (κ2) is 3.67. The Morgan fingerprint density at radius 2 is 1.93 bits per heavy atom. The zero-order valence-corrected chi connectivity index (χ0v) is 10.4. The summed E-state index contributed by atoms with van der Waals surface area (Å²) in [6, 6.07) is 0.223. The van der Waals surface area contributed by atoms with Gasteiger partial charge in [0.05, 0.1) is 6.04 Å². The van der Waals surface area contributed by atoms with Gasteiger partial charge in [0.1, 0.15) is 0 Å². The van der Waals surface area contributed by atoms with Gasteiger partial charge >= 0.3 is 6.03 Å². The van der Waals surface area contributed by atoms with Crippen LogP contribution in [0, 0.1) is 5.41 Å². The average Bonchev–Trinajstić information content (AvgIpc) is 2.27. The van der Waals surface area contributed by atoms with Crippen molar-refractivity contribution in [2.24, 2.45) is 11.1 Å². The Bertz CT molecular complexity index is 250. The van der Waals surface area contributed by atoms with Crippen LogP contribution in [0.3, 0.4) is 0 Å². The Morgan fingerprint density at radius 3 is 2.27 bits per heavy atom. The Hall–Kier alpha value is -0.770. The molecule has 1 saturated heterocycles. The molecule has 0 aromatic heterocycles. The molecule has 0 bridgehead atoms. The first-order valence-corrected chi connectivity index (χ1v) is 5.44. The van der Waals surface area contributed by atoms with Crippen LogP contribution in [0.15, 0.2) is 0 Å². The van der Waals surface area contributed by atoms with Gasteiger partial charge in [-0.3, -0.25) is 0 Å². The quantitative estimate of drug-likeness (QED) is 0.723. The van der Waals surface area contributed by atoms with E-state index in [9.17, 15) is 4.79 Å². The molecule has 1 rings (SSSR count). The summed E-state index contributed by atoms with van der Waals surface area (Å²) in [5.41, 5.74) is 5.68. The van der Waals surface area contributed by atoms with E-state index in [2.05, 4.69) is 26.1 Å². The van der Waals surface area contributed by atoms with Gasteiger partial charge in [0.2, 0.25) is 0 Å². The van der Waals surface area contributed by atoms with E-state index < -0.39 is 0 Å². The largest absolute Gasteiger partial charge is 0.333 e. The number of nitrogens with zero attached hydrogens (tertiary/aromatic N) is 1. The first-order chi connectivity index (χ1) is 6.59. The van der Waals surface area contributed by atoms with Crippen LogP contribution in [0.5, 0.6) is 0 Å². The van der Waals surface area contributed by atoms with Crippen LogP contribution in [0.2, 0.25) is 0 Å². The van der Waals surface area contributed by atoms with E-state index in [1.807, 2.05) is 13.8 Å². The molecule has 0 spiro atoms. The number of nitrogens with one attached hydrogen (secondary N) is 1. The maximum absolute atomic E-state index is 11.7.